The molecule has 0 fully saturated rings. The highest BCUT2D eigenvalue weighted by atomic mass is 79.9. The number of aromatic nitrogens is 3. The SMILES string of the molecule is CCCc1nc2ccc(Br)cc2c(=O)n1N=Cc1c(C)n(Cc2ccc(Cl)cc2)c2ccccc12. The Balaban J connectivity index is 1.64. The molecule has 0 amide bonds. The number of benzene rings is 3. The molecule has 0 aliphatic heterocycles. The van der Waals surface area contributed by atoms with Crippen LogP contribution in [0.4, 0.5) is 0 Å². The summed E-state index contributed by atoms with van der Waals surface area (Å²) in [5, 5.41) is 7.04. The molecular formula is C28H24BrClN4O. The molecule has 0 N–H and O–H groups in total. The van der Waals surface area contributed by atoms with Gasteiger partial charge in [-0.05, 0) is 55.3 Å². The number of halogens is 2. The second-order valence-corrected chi connectivity index (χ2v) is 9.88. The summed E-state index contributed by atoms with van der Waals surface area (Å²) in [6, 6.07) is 21.7. The van der Waals surface area contributed by atoms with Crippen LogP contribution in [0.15, 0.2) is 81.1 Å². The lowest BCUT2D eigenvalue weighted by atomic mass is 10.1. The average Bonchev–Trinajstić information content (AvgIpc) is 3.12. The Morgan fingerprint density at radius 2 is 1.83 bits per heavy atom. The topological polar surface area (TPSA) is 52.2 Å². The van der Waals surface area contributed by atoms with Crippen molar-refractivity contribution in [2.24, 2.45) is 5.10 Å². The van der Waals surface area contributed by atoms with E-state index in [0.717, 1.165) is 43.6 Å². The summed E-state index contributed by atoms with van der Waals surface area (Å²) in [7, 11) is 0. The zero-order chi connectivity index (χ0) is 24.5. The molecule has 0 atom stereocenters. The molecule has 5 rings (SSSR count). The van der Waals surface area contributed by atoms with Crippen LogP contribution in [0.2, 0.25) is 5.02 Å². The van der Waals surface area contributed by atoms with Gasteiger partial charge in [0, 0.05) is 44.6 Å². The normalized spacial score (nSPS) is 11.8. The molecule has 7 heteroatoms. The maximum Gasteiger partial charge on any atom is 0.282 e. The Bertz CT molecular complexity index is 1630. The Kier molecular flexibility index (Phi) is 6.58. The van der Waals surface area contributed by atoms with E-state index < -0.39 is 0 Å². The third kappa shape index (κ3) is 4.56. The Morgan fingerprint density at radius 3 is 2.60 bits per heavy atom. The fraction of sp³-hybridized carbons (Fsp3) is 0.179. The average molecular weight is 548 g/mol. The predicted octanol–water partition coefficient (Wildman–Crippen LogP) is 6.96. The number of nitrogens with zero attached hydrogens (tertiary/aromatic N) is 4. The van der Waals surface area contributed by atoms with Crippen molar-refractivity contribution < 1.29 is 0 Å². The van der Waals surface area contributed by atoms with Gasteiger partial charge >= 0.3 is 0 Å². The first-order chi connectivity index (χ1) is 17.0. The van der Waals surface area contributed by atoms with E-state index in [1.54, 1.807) is 12.3 Å². The highest BCUT2D eigenvalue weighted by Gasteiger charge is 2.14. The summed E-state index contributed by atoms with van der Waals surface area (Å²) < 4.78 is 4.55. The monoisotopic (exact) mass is 546 g/mol. The van der Waals surface area contributed by atoms with Crippen LogP contribution in [-0.2, 0) is 13.0 Å². The van der Waals surface area contributed by atoms with E-state index >= 15 is 0 Å². The van der Waals surface area contributed by atoms with Crippen molar-refractivity contribution in [3.8, 4) is 0 Å². The number of rotatable bonds is 6. The van der Waals surface area contributed by atoms with Gasteiger partial charge in [-0.3, -0.25) is 4.79 Å². The molecular weight excluding hydrogens is 524 g/mol. The van der Waals surface area contributed by atoms with Crippen LogP contribution in [-0.4, -0.2) is 20.4 Å². The van der Waals surface area contributed by atoms with Crippen molar-refractivity contribution in [1.82, 2.24) is 14.2 Å². The fourth-order valence-corrected chi connectivity index (χ4v) is 4.90. The van der Waals surface area contributed by atoms with Crippen LogP contribution >= 0.6 is 27.5 Å². The van der Waals surface area contributed by atoms with E-state index in [0.29, 0.717) is 29.7 Å². The molecule has 2 heterocycles. The van der Waals surface area contributed by atoms with Crippen LogP contribution in [0.3, 0.4) is 0 Å². The molecule has 0 radical (unpaired) electrons. The summed E-state index contributed by atoms with van der Waals surface area (Å²) in [5.41, 5.74) is 4.85. The molecule has 35 heavy (non-hydrogen) atoms. The second-order valence-electron chi connectivity index (χ2n) is 8.53. The summed E-state index contributed by atoms with van der Waals surface area (Å²) in [4.78, 5) is 18.1. The van der Waals surface area contributed by atoms with E-state index in [1.165, 1.54) is 4.68 Å². The summed E-state index contributed by atoms with van der Waals surface area (Å²) in [6.45, 7) is 4.87. The van der Waals surface area contributed by atoms with Crippen molar-refractivity contribution in [3.05, 3.63) is 109 Å². The number of para-hydroxylation sites is 1. The third-order valence-electron chi connectivity index (χ3n) is 6.18. The van der Waals surface area contributed by atoms with E-state index in [4.69, 9.17) is 16.6 Å². The molecule has 5 aromatic rings. The molecule has 3 aromatic carbocycles. The van der Waals surface area contributed by atoms with Gasteiger partial charge in [0.1, 0.15) is 5.82 Å². The van der Waals surface area contributed by atoms with Crippen LogP contribution in [0.1, 0.15) is 36.0 Å². The lowest BCUT2D eigenvalue weighted by molar-refractivity contribution is 0.703. The van der Waals surface area contributed by atoms with Crippen molar-refractivity contribution in [2.75, 3.05) is 0 Å². The van der Waals surface area contributed by atoms with Crippen LogP contribution in [0.25, 0.3) is 21.8 Å². The van der Waals surface area contributed by atoms with Gasteiger partial charge in [0.25, 0.3) is 5.56 Å². The lowest BCUT2D eigenvalue weighted by Crippen LogP contribution is -2.22. The number of aryl methyl sites for hydroxylation is 1. The molecule has 0 saturated heterocycles. The van der Waals surface area contributed by atoms with Crippen LogP contribution in [0, 0.1) is 6.92 Å². The van der Waals surface area contributed by atoms with Gasteiger partial charge in [-0.1, -0.05) is 64.8 Å². The van der Waals surface area contributed by atoms with Crippen molar-refractivity contribution in [3.63, 3.8) is 0 Å². The predicted molar refractivity (Wildman–Crippen MR) is 148 cm³/mol. The van der Waals surface area contributed by atoms with Crippen LogP contribution < -0.4 is 5.56 Å². The quantitative estimate of drug-likeness (QED) is 0.216. The molecule has 5 nitrogen and oxygen atoms in total. The van der Waals surface area contributed by atoms with E-state index in [-0.39, 0.29) is 5.56 Å². The number of hydrogen-bond acceptors (Lipinski definition) is 3. The van der Waals surface area contributed by atoms with Crippen molar-refractivity contribution >= 4 is 55.6 Å². The zero-order valence-electron chi connectivity index (χ0n) is 19.5. The highest BCUT2D eigenvalue weighted by Crippen LogP contribution is 2.26. The molecule has 0 spiro atoms. The van der Waals surface area contributed by atoms with E-state index in [2.05, 4.69) is 51.6 Å². The summed E-state index contributed by atoms with van der Waals surface area (Å²) in [5.74, 6) is 0.658. The second kappa shape index (κ2) is 9.80. The largest absolute Gasteiger partial charge is 0.340 e. The Hall–Kier alpha value is -3.22. The molecule has 0 aliphatic rings. The van der Waals surface area contributed by atoms with Gasteiger partial charge < -0.3 is 4.57 Å². The highest BCUT2D eigenvalue weighted by molar-refractivity contribution is 9.10. The number of hydrogen-bond donors (Lipinski definition) is 0. The minimum absolute atomic E-state index is 0.168. The van der Waals surface area contributed by atoms with Gasteiger partial charge in [-0.25, -0.2) is 4.98 Å². The maximum atomic E-state index is 13.4. The van der Waals surface area contributed by atoms with Gasteiger partial charge in [-0.15, -0.1) is 0 Å². The first-order valence-electron chi connectivity index (χ1n) is 11.5. The molecule has 2 aromatic heterocycles. The van der Waals surface area contributed by atoms with Crippen LogP contribution in [0.5, 0.6) is 0 Å². The molecule has 0 unspecified atom stereocenters. The Labute approximate surface area is 216 Å². The number of fused-ring (bicyclic) bond motifs is 2. The molecule has 176 valence electrons. The molecule has 0 saturated carbocycles. The first-order valence-corrected chi connectivity index (χ1v) is 12.7. The molecule has 0 bridgehead atoms. The summed E-state index contributed by atoms with van der Waals surface area (Å²) in [6.07, 6.45) is 3.32. The minimum atomic E-state index is -0.168. The van der Waals surface area contributed by atoms with Gasteiger partial charge in [0.2, 0.25) is 0 Å². The van der Waals surface area contributed by atoms with Crippen molar-refractivity contribution in [2.45, 2.75) is 33.2 Å². The zero-order valence-corrected chi connectivity index (χ0v) is 21.8. The third-order valence-corrected chi connectivity index (χ3v) is 6.93. The first kappa shape index (κ1) is 23.5. The van der Waals surface area contributed by atoms with Gasteiger partial charge in [0.05, 0.1) is 17.1 Å². The smallest absolute Gasteiger partial charge is 0.282 e. The molecule has 0 aliphatic carbocycles. The fourth-order valence-electron chi connectivity index (χ4n) is 4.41. The van der Waals surface area contributed by atoms with Crippen molar-refractivity contribution in [1.29, 1.82) is 0 Å². The lowest BCUT2D eigenvalue weighted by Gasteiger charge is -2.09. The Morgan fingerprint density at radius 1 is 1.06 bits per heavy atom. The van der Waals surface area contributed by atoms with E-state index in [1.807, 2.05) is 48.5 Å². The minimum Gasteiger partial charge on any atom is -0.340 e. The summed E-state index contributed by atoms with van der Waals surface area (Å²) >= 11 is 9.54. The standard InChI is InChI=1S/C28H24BrClN4O/c1-3-6-27-32-25-14-11-20(29)15-23(25)28(35)34(27)31-16-24-18(2)33(26-8-5-4-7-22(24)26)17-19-9-12-21(30)13-10-19/h4-5,7-16H,3,6,17H2,1-2H3. The van der Waals surface area contributed by atoms with E-state index in [9.17, 15) is 4.79 Å². The van der Waals surface area contributed by atoms with Gasteiger partial charge in [-0.2, -0.15) is 9.78 Å². The van der Waals surface area contributed by atoms with Gasteiger partial charge in [0.15, 0.2) is 0 Å². The maximum absolute atomic E-state index is 13.4.